The van der Waals surface area contributed by atoms with Crippen LogP contribution in [0.3, 0.4) is 0 Å². The molecule has 5 nitrogen and oxygen atoms in total. The Hall–Kier alpha value is -2.89. The molecule has 118 valence electrons. The number of carbonyl (C=O) groups is 1. The van der Waals surface area contributed by atoms with Gasteiger partial charge in [0.15, 0.2) is 17.1 Å². The first kappa shape index (κ1) is 15.0. The Balaban J connectivity index is 2.08. The zero-order chi connectivity index (χ0) is 16.6. The van der Waals surface area contributed by atoms with Gasteiger partial charge in [0.2, 0.25) is 5.89 Å². The van der Waals surface area contributed by atoms with Crippen LogP contribution in [-0.2, 0) is 0 Å². The van der Waals surface area contributed by atoms with Crippen LogP contribution in [0.15, 0.2) is 40.8 Å². The molecular weight excluding hydrogens is 301 g/mol. The summed E-state index contributed by atoms with van der Waals surface area (Å²) in [4.78, 5) is 15.2. The van der Waals surface area contributed by atoms with E-state index in [1.807, 2.05) is 0 Å². The van der Waals surface area contributed by atoms with Crippen molar-refractivity contribution in [3.05, 3.63) is 47.8 Å². The van der Waals surface area contributed by atoms with Crippen LogP contribution in [0, 0.1) is 5.82 Å². The van der Waals surface area contributed by atoms with Crippen LogP contribution >= 0.6 is 0 Å². The summed E-state index contributed by atoms with van der Waals surface area (Å²) in [5, 5.41) is 8.99. The van der Waals surface area contributed by atoms with Crippen LogP contribution in [0.4, 0.5) is 4.39 Å². The van der Waals surface area contributed by atoms with E-state index < -0.39 is 11.8 Å². The average molecular weight is 315 g/mol. The summed E-state index contributed by atoms with van der Waals surface area (Å²) in [6.07, 6.45) is -0.165. The SMILES string of the molecule is CC(C)Oc1cccc(-c2nc3ccc(C(=O)O)cc3o2)c1F. The molecule has 0 saturated carbocycles. The average Bonchev–Trinajstić information content (AvgIpc) is 2.91. The molecule has 0 saturated heterocycles. The minimum Gasteiger partial charge on any atom is -0.488 e. The van der Waals surface area contributed by atoms with Gasteiger partial charge < -0.3 is 14.3 Å². The summed E-state index contributed by atoms with van der Waals surface area (Å²) in [5.74, 6) is -1.44. The van der Waals surface area contributed by atoms with Gasteiger partial charge in [0, 0.05) is 0 Å². The van der Waals surface area contributed by atoms with Crippen molar-refractivity contribution in [1.29, 1.82) is 0 Å². The van der Waals surface area contributed by atoms with E-state index in [0.29, 0.717) is 5.52 Å². The van der Waals surface area contributed by atoms with Crippen molar-refractivity contribution in [3.8, 4) is 17.2 Å². The van der Waals surface area contributed by atoms with Crippen molar-refractivity contribution in [3.63, 3.8) is 0 Å². The van der Waals surface area contributed by atoms with E-state index in [2.05, 4.69) is 4.98 Å². The summed E-state index contributed by atoms with van der Waals surface area (Å²) in [6, 6.07) is 9.02. The van der Waals surface area contributed by atoms with Crippen molar-refractivity contribution < 1.29 is 23.4 Å². The van der Waals surface area contributed by atoms with Crippen LogP contribution in [0.2, 0.25) is 0 Å². The molecule has 0 bridgehead atoms. The van der Waals surface area contributed by atoms with E-state index in [9.17, 15) is 9.18 Å². The minimum atomic E-state index is -1.07. The number of halogens is 1. The first-order valence-corrected chi connectivity index (χ1v) is 7.05. The first-order valence-electron chi connectivity index (χ1n) is 7.05. The number of ether oxygens (including phenoxy) is 1. The minimum absolute atomic E-state index is 0.0780. The van der Waals surface area contributed by atoms with Crippen molar-refractivity contribution in [2.45, 2.75) is 20.0 Å². The zero-order valence-corrected chi connectivity index (χ0v) is 12.5. The first-order chi connectivity index (χ1) is 11.0. The van der Waals surface area contributed by atoms with Crippen molar-refractivity contribution in [1.82, 2.24) is 4.98 Å². The Morgan fingerprint density at radius 1 is 1.30 bits per heavy atom. The molecule has 1 N–H and O–H groups in total. The highest BCUT2D eigenvalue weighted by molar-refractivity contribution is 5.92. The van der Waals surface area contributed by atoms with Gasteiger partial charge in [-0.15, -0.1) is 0 Å². The second kappa shape index (κ2) is 5.72. The maximum atomic E-state index is 14.5. The fourth-order valence-electron chi connectivity index (χ4n) is 2.19. The van der Waals surface area contributed by atoms with Crippen LogP contribution in [0.5, 0.6) is 5.75 Å². The molecule has 1 aromatic heterocycles. The van der Waals surface area contributed by atoms with Gasteiger partial charge in [-0.1, -0.05) is 6.07 Å². The third-order valence-corrected chi connectivity index (χ3v) is 3.19. The molecule has 1 heterocycles. The standard InChI is InChI=1S/C17H14FNO4/c1-9(2)22-13-5-3-4-11(15(13)18)16-19-12-7-6-10(17(20)21)8-14(12)23-16/h3-9H,1-2H3,(H,20,21). The molecule has 0 radical (unpaired) electrons. The molecular formula is C17H14FNO4. The van der Waals surface area contributed by atoms with Crippen molar-refractivity contribution in [2.75, 3.05) is 0 Å². The number of hydrogen-bond donors (Lipinski definition) is 1. The maximum absolute atomic E-state index is 14.5. The summed E-state index contributed by atoms with van der Waals surface area (Å²) >= 11 is 0. The molecule has 0 aliphatic heterocycles. The van der Waals surface area contributed by atoms with Crippen molar-refractivity contribution in [2.24, 2.45) is 0 Å². The highest BCUT2D eigenvalue weighted by atomic mass is 19.1. The van der Waals surface area contributed by atoms with Gasteiger partial charge in [0.25, 0.3) is 0 Å². The number of carboxylic acid groups (broad SMARTS) is 1. The second-order valence-electron chi connectivity index (χ2n) is 5.29. The van der Waals surface area contributed by atoms with Gasteiger partial charge in [0.1, 0.15) is 5.52 Å². The normalized spacial score (nSPS) is 11.1. The molecule has 0 aliphatic rings. The number of oxazole rings is 1. The van der Waals surface area contributed by atoms with Gasteiger partial charge in [0.05, 0.1) is 17.2 Å². The lowest BCUT2D eigenvalue weighted by Crippen LogP contribution is -2.07. The van der Waals surface area contributed by atoms with E-state index in [0.717, 1.165) is 0 Å². The third-order valence-electron chi connectivity index (χ3n) is 3.19. The molecule has 2 aromatic carbocycles. The molecule has 0 aliphatic carbocycles. The molecule has 0 amide bonds. The summed E-state index contributed by atoms with van der Waals surface area (Å²) < 4.78 is 25.5. The van der Waals surface area contributed by atoms with Gasteiger partial charge >= 0.3 is 5.97 Å². The highest BCUT2D eigenvalue weighted by Gasteiger charge is 2.17. The summed E-state index contributed by atoms with van der Waals surface area (Å²) in [7, 11) is 0. The van der Waals surface area contributed by atoms with Crippen molar-refractivity contribution >= 4 is 17.1 Å². The van der Waals surface area contributed by atoms with Crippen LogP contribution < -0.4 is 4.74 Å². The quantitative estimate of drug-likeness (QED) is 0.784. The lowest BCUT2D eigenvalue weighted by Gasteiger charge is -2.11. The number of benzene rings is 2. The lowest BCUT2D eigenvalue weighted by molar-refractivity contribution is 0.0697. The highest BCUT2D eigenvalue weighted by Crippen LogP contribution is 2.31. The smallest absolute Gasteiger partial charge is 0.335 e. The number of aromatic nitrogens is 1. The van der Waals surface area contributed by atoms with Crippen LogP contribution in [0.25, 0.3) is 22.6 Å². The Kier molecular flexibility index (Phi) is 3.73. The molecule has 0 atom stereocenters. The molecule has 0 fully saturated rings. The van der Waals surface area contributed by atoms with Crippen LogP contribution in [-0.4, -0.2) is 22.2 Å². The molecule has 23 heavy (non-hydrogen) atoms. The largest absolute Gasteiger partial charge is 0.488 e. The molecule has 3 aromatic rings. The summed E-state index contributed by atoms with van der Waals surface area (Å²) in [6.45, 7) is 3.61. The van der Waals surface area contributed by atoms with E-state index in [1.165, 1.54) is 30.3 Å². The zero-order valence-electron chi connectivity index (χ0n) is 12.5. The lowest BCUT2D eigenvalue weighted by atomic mass is 10.2. The number of aromatic carboxylic acids is 1. The number of carboxylic acids is 1. The molecule has 6 heteroatoms. The topological polar surface area (TPSA) is 72.6 Å². The predicted octanol–water partition coefficient (Wildman–Crippen LogP) is 4.12. The number of nitrogens with zero attached hydrogens (tertiary/aromatic N) is 1. The van der Waals surface area contributed by atoms with E-state index in [4.69, 9.17) is 14.3 Å². The van der Waals surface area contributed by atoms with E-state index in [1.54, 1.807) is 19.9 Å². The van der Waals surface area contributed by atoms with E-state index in [-0.39, 0.29) is 34.5 Å². The molecule has 0 unspecified atom stereocenters. The van der Waals surface area contributed by atoms with Gasteiger partial charge in [-0.05, 0) is 44.2 Å². The maximum Gasteiger partial charge on any atom is 0.335 e. The summed E-state index contributed by atoms with van der Waals surface area (Å²) in [5.41, 5.74) is 0.989. The fraction of sp³-hybridized carbons (Fsp3) is 0.176. The third kappa shape index (κ3) is 2.88. The molecule has 3 rings (SSSR count). The Morgan fingerprint density at radius 2 is 2.09 bits per heavy atom. The molecule has 0 spiro atoms. The predicted molar refractivity (Wildman–Crippen MR) is 82.1 cm³/mol. The number of hydrogen-bond acceptors (Lipinski definition) is 4. The fourth-order valence-corrected chi connectivity index (χ4v) is 2.19. The Labute approximate surface area is 131 Å². The van der Waals surface area contributed by atoms with E-state index >= 15 is 0 Å². The number of rotatable bonds is 4. The number of fused-ring (bicyclic) bond motifs is 1. The van der Waals surface area contributed by atoms with Crippen LogP contribution in [0.1, 0.15) is 24.2 Å². The van der Waals surface area contributed by atoms with Gasteiger partial charge in [-0.3, -0.25) is 0 Å². The monoisotopic (exact) mass is 315 g/mol. The second-order valence-corrected chi connectivity index (χ2v) is 5.29. The Bertz CT molecular complexity index is 885. The Morgan fingerprint density at radius 3 is 2.78 bits per heavy atom. The van der Waals surface area contributed by atoms with Gasteiger partial charge in [-0.2, -0.15) is 0 Å². The van der Waals surface area contributed by atoms with Gasteiger partial charge in [-0.25, -0.2) is 14.2 Å².